The van der Waals surface area contributed by atoms with Crippen molar-refractivity contribution in [3.8, 4) is 0 Å². The fourth-order valence-corrected chi connectivity index (χ4v) is 4.44. The Morgan fingerprint density at radius 1 is 1.28 bits per heavy atom. The summed E-state index contributed by atoms with van der Waals surface area (Å²) < 4.78 is 0. The number of hydrogen-bond acceptors (Lipinski definition) is 3. The third kappa shape index (κ3) is 2.69. The average molecular weight is 268 g/mol. The van der Waals surface area contributed by atoms with E-state index < -0.39 is 0 Å². The molecule has 2 unspecified atom stereocenters. The van der Waals surface area contributed by atoms with E-state index >= 15 is 0 Å². The highest BCUT2D eigenvalue weighted by Crippen LogP contribution is 2.37. The maximum Gasteiger partial charge on any atom is 0.224 e. The van der Waals surface area contributed by atoms with Crippen LogP contribution >= 0.6 is 11.8 Å². The molecule has 1 N–H and O–H groups in total. The molecule has 4 heteroatoms. The van der Waals surface area contributed by atoms with Gasteiger partial charge in [-0.15, -0.1) is 0 Å². The Labute approximate surface area is 114 Å². The molecule has 102 valence electrons. The first-order chi connectivity index (χ1) is 8.84. The second-order valence-electron chi connectivity index (χ2n) is 5.92. The van der Waals surface area contributed by atoms with Crippen LogP contribution in [0.25, 0.3) is 0 Å². The van der Waals surface area contributed by atoms with Gasteiger partial charge in [-0.05, 0) is 31.6 Å². The fourth-order valence-electron chi connectivity index (χ4n) is 3.50. The van der Waals surface area contributed by atoms with Crippen LogP contribution in [0.1, 0.15) is 38.5 Å². The van der Waals surface area contributed by atoms with Gasteiger partial charge >= 0.3 is 0 Å². The number of carbonyl (C=O) groups excluding carboxylic acids is 1. The Morgan fingerprint density at radius 3 is 2.83 bits per heavy atom. The maximum absolute atomic E-state index is 12.4. The van der Waals surface area contributed by atoms with E-state index in [9.17, 15) is 4.79 Å². The van der Waals surface area contributed by atoms with Gasteiger partial charge in [0.15, 0.2) is 0 Å². The molecule has 2 heterocycles. The summed E-state index contributed by atoms with van der Waals surface area (Å²) >= 11 is 1.98. The summed E-state index contributed by atoms with van der Waals surface area (Å²) in [5, 5.41) is 3.48. The van der Waals surface area contributed by atoms with Crippen molar-refractivity contribution >= 4 is 17.7 Å². The second-order valence-corrected chi connectivity index (χ2v) is 7.07. The summed E-state index contributed by atoms with van der Waals surface area (Å²) in [6.07, 6.45) is 7.28. The lowest BCUT2D eigenvalue weighted by molar-refractivity contribution is -0.134. The van der Waals surface area contributed by atoms with Gasteiger partial charge in [0, 0.05) is 43.1 Å². The van der Waals surface area contributed by atoms with Gasteiger partial charge in [0.2, 0.25) is 5.91 Å². The van der Waals surface area contributed by atoms with Crippen LogP contribution < -0.4 is 5.32 Å². The fraction of sp³-hybridized carbons (Fsp3) is 0.929. The van der Waals surface area contributed by atoms with Crippen LogP contribution in [0.5, 0.6) is 0 Å². The molecule has 0 aromatic heterocycles. The Kier molecular flexibility index (Phi) is 4.14. The Bertz CT molecular complexity index is 300. The quantitative estimate of drug-likeness (QED) is 0.848. The molecule has 3 aliphatic rings. The zero-order chi connectivity index (χ0) is 12.4. The minimum Gasteiger partial charge on any atom is -0.339 e. The number of rotatable bonds is 3. The van der Waals surface area contributed by atoms with Crippen LogP contribution in [-0.2, 0) is 4.79 Å². The first-order valence-electron chi connectivity index (χ1n) is 7.45. The number of amides is 1. The highest BCUT2D eigenvalue weighted by Gasteiger charge is 2.37. The number of hydrogen-bond donors (Lipinski definition) is 1. The number of nitrogens with zero attached hydrogens (tertiary/aromatic N) is 1. The molecule has 0 spiro atoms. The molecule has 2 saturated heterocycles. The molecule has 1 aliphatic carbocycles. The number of thioether (sulfide) groups is 1. The van der Waals surface area contributed by atoms with E-state index in [0.717, 1.165) is 31.2 Å². The van der Waals surface area contributed by atoms with Crippen molar-refractivity contribution in [3.63, 3.8) is 0 Å². The van der Waals surface area contributed by atoms with E-state index in [4.69, 9.17) is 0 Å². The van der Waals surface area contributed by atoms with Crippen molar-refractivity contribution in [1.82, 2.24) is 10.2 Å². The van der Waals surface area contributed by atoms with Crippen LogP contribution in [0.15, 0.2) is 0 Å². The summed E-state index contributed by atoms with van der Waals surface area (Å²) in [4.78, 5) is 14.7. The van der Waals surface area contributed by atoms with Gasteiger partial charge < -0.3 is 10.2 Å². The summed E-state index contributed by atoms with van der Waals surface area (Å²) in [6, 6.07) is 1.00. The van der Waals surface area contributed by atoms with Crippen LogP contribution in [0.2, 0.25) is 0 Å². The molecule has 0 aromatic rings. The van der Waals surface area contributed by atoms with Crippen LogP contribution in [-0.4, -0.2) is 47.5 Å². The summed E-state index contributed by atoms with van der Waals surface area (Å²) in [7, 11) is 0. The third-order valence-corrected chi connectivity index (χ3v) is 5.86. The first-order valence-corrected chi connectivity index (χ1v) is 8.60. The average Bonchev–Trinajstić information content (AvgIpc) is 2.77. The number of carbonyl (C=O) groups is 1. The third-order valence-electron chi connectivity index (χ3n) is 4.73. The molecule has 3 nitrogen and oxygen atoms in total. The minimum atomic E-state index is 0.407. The van der Waals surface area contributed by atoms with Crippen LogP contribution in [0.4, 0.5) is 0 Å². The molecule has 2 atom stereocenters. The highest BCUT2D eigenvalue weighted by molar-refractivity contribution is 7.99. The second kappa shape index (κ2) is 5.83. The Balaban J connectivity index is 1.53. The van der Waals surface area contributed by atoms with E-state index in [1.54, 1.807) is 0 Å². The molecule has 0 bridgehead atoms. The van der Waals surface area contributed by atoms with E-state index in [2.05, 4.69) is 10.2 Å². The molecule has 18 heavy (non-hydrogen) atoms. The zero-order valence-corrected chi connectivity index (χ0v) is 11.9. The predicted octanol–water partition coefficient (Wildman–Crippen LogP) is 1.87. The smallest absolute Gasteiger partial charge is 0.224 e. The molecule has 0 aromatic carbocycles. The predicted molar refractivity (Wildman–Crippen MR) is 75.8 cm³/mol. The lowest BCUT2D eigenvalue weighted by Crippen LogP contribution is -2.46. The normalized spacial score (nSPS) is 33.4. The van der Waals surface area contributed by atoms with Crippen molar-refractivity contribution in [3.05, 3.63) is 0 Å². The molecule has 2 aliphatic heterocycles. The van der Waals surface area contributed by atoms with Crippen molar-refractivity contribution in [1.29, 1.82) is 0 Å². The largest absolute Gasteiger partial charge is 0.339 e. The minimum absolute atomic E-state index is 0.407. The van der Waals surface area contributed by atoms with E-state index in [1.807, 2.05) is 11.8 Å². The van der Waals surface area contributed by atoms with Crippen LogP contribution in [0, 0.1) is 5.92 Å². The van der Waals surface area contributed by atoms with Crippen molar-refractivity contribution in [2.75, 3.05) is 24.6 Å². The molecule has 3 fully saturated rings. The molecule has 0 radical (unpaired) electrons. The molecular formula is C14H24N2OS. The number of nitrogens with one attached hydrogen (secondary N) is 1. The van der Waals surface area contributed by atoms with Gasteiger partial charge in [-0.2, -0.15) is 11.8 Å². The van der Waals surface area contributed by atoms with Crippen LogP contribution in [0.3, 0.4) is 0 Å². The van der Waals surface area contributed by atoms with Gasteiger partial charge in [0.25, 0.3) is 0 Å². The zero-order valence-electron chi connectivity index (χ0n) is 11.1. The van der Waals surface area contributed by atoms with E-state index in [1.165, 1.54) is 37.9 Å². The highest BCUT2D eigenvalue weighted by atomic mass is 32.2. The summed E-state index contributed by atoms with van der Waals surface area (Å²) in [6.45, 7) is 2.08. The topological polar surface area (TPSA) is 32.3 Å². The van der Waals surface area contributed by atoms with Gasteiger partial charge in [0.1, 0.15) is 0 Å². The molecular weight excluding hydrogens is 244 g/mol. The summed E-state index contributed by atoms with van der Waals surface area (Å²) in [5.74, 6) is 3.53. The van der Waals surface area contributed by atoms with Gasteiger partial charge in [-0.25, -0.2) is 0 Å². The van der Waals surface area contributed by atoms with Crippen molar-refractivity contribution in [2.24, 2.45) is 5.92 Å². The van der Waals surface area contributed by atoms with E-state index in [-0.39, 0.29) is 0 Å². The number of likely N-dealkylation sites (tertiary alicyclic amines) is 1. The van der Waals surface area contributed by atoms with Gasteiger partial charge in [0.05, 0.1) is 0 Å². The molecule has 3 rings (SSSR count). The van der Waals surface area contributed by atoms with Crippen molar-refractivity contribution < 1.29 is 4.79 Å². The lowest BCUT2D eigenvalue weighted by Gasteiger charge is -2.37. The maximum atomic E-state index is 12.4. The van der Waals surface area contributed by atoms with Gasteiger partial charge in [-0.1, -0.05) is 6.42 Å². The monoisotopic (exact) mass is 268 g/mol. The van der Waals surface area contributed by atoms with Gasteiger partial charge in [-0.3, -0.25) is 4.79 Å². The van der Waals surface area contributed by atoms with Crippen molar-refractivity contribution in [2.45, 2.75) is 50.6 Å². The summed E-state index contributed by atoms with van der Waals surface area (Å²) in [5.41, 5.74) is 0. The SMILES string of the molecule is O=C(CC1CSCCN1)N1CCCC1C1CCC1. The Morgan fingerprint density at radius 2 is 2.17 bits per heavy atom. The Hall–Kier alpha value is -0.220. The lowest BCUT2D eigenvalue weighted by atomic mass is 9.78. The molecule has 1 saturated carbocycles. The standard InChI is InChI=1S/C14H24N2OS/c17-14(9-12-10-18-8-6-15-12)16-7-2-5-13(16)11-3-1-4-11/h11-13,15H,1-10H2. The van der Waals surface area contributed by atoms with E-state index in [0.29, 0.717) is 18.0 Å². The first kappa shape index (κ1) is 12.8. The molecule has 1 amide bonds.